The molecule has 0 saturated carbocycles. The number of aromatic nitrogens is 3. The average molecular weight is 485 g/mol. The monoisotopic (exact) mass is 484 g/mol. The van der Waals surface area contributed by atoms with E-state index in [-0.39, 0.29) is 12.3 Å². The summed E-state index contributed by atoms with van der Waals surface area (Å²) >= 11 is 7.86. The molecule has 3 heterocycles. The van der Waals surface area contributed by atoms with Crippen LogP contribution in [0.25, 0.3) is 5.00 Å². The van der Waals surface area contributed by atoms with E-state index in [1.165, 1.54) is 10.4 Å². The summed E-state index contributed by atoms with van der Waals surface area (Å²) in [5.74, 6) is 1.45. The summed E-state index contributed by atoms with van der Waals surface area (Å²) in [5.41, 5.74) is 4.08. The van der Waals surface area contributed by atoms with Crippen molar-refractivity contribution in [3.63, 3.8) is 0 Å². The highest BCUT2D eigenvalue weighted by molar-refractivity contribution is 7.15. The number of rotatable bonds is 8. The van der Waals surface area contributed by atoms with Crippen molar-refractivity contribution < 1.29 is 4.79 Å². The molecular weight excluding hydrogens is 456 g/mol. The van der Waals surface area contributed by atoms with Crippen molar-refractivity contribution in [2.45, 2.75) is 46.1 Å². The zero-order chi connectivity index (χ0) is 23.5. The maximum Gasteiger partial charge on any atom is 0.222 e. The number of hydrogen-bond acceptors (Lipinski definition) is 6. The van der Waals surface area contributed by atoms with Gasteiger partial charge in [-0.1, -0.05) is 23.7 Å². The first-order chi connectivity index (χ1) is 15.9. The van der Waals surface area contributed by atoms with E-state index in [0.717, 1.165) is 47.1 Å². The number of thiophene rings is 1. The van der Waals surface area contributed by atoms with Crippen LogP contribution in [0.3, 0.4) is 0 Å². The van der Waals surface area contributed by atoms with Gasteiger partial charge in [-0.3, -0.25) is 14.4 Å². The zero-order valence-corrected chi connectivity index (χ0v) is 21.0. The summed E-state index contributed by atoms with van der Waals surface area (Å²) in [6.45, 7) is 7.77. The normalized spacial score (nSPS) is 14.9. The summed E-state index contributed by atoms with van der Waals surface area (Å²) in [7, 11) is 1.93. The molecule has 1 atom stereocenters. The van der Waals surface area contributed by atoms with Crippen LogP contribution in [0.5, 0.6) is 0 Å². The molecule has 0 radical (unpaired) electrons. The van der Waals surface area contributed by atoms with Crippen LogP contribution >= 0.6 is 22.9 Å². The van der Waals surface area contributed by atoms with Crippen LogP contribution in [-0.2, 0) is 4.79 Å². The van der Waals surface area contributed by atoms with Gasteiger partial charge in [0.1, 0.15) is 16.9 Å². The van der Waals surface area contributed by atoms with Gasteiger partial charge in [-0.05, 0) is 64.9 Å². The molecule has 7 nitrogen and oxygen atoms in total. The van der Waals surface area contributed by atoms with E-state index in [1.807, 2.05) is 38.2 Å². The summed E-state index contributed by atoms with van der Waals surface area (Å²) in [4.78, 5) is 19.2. The van der Waals surface area contributed by atoms with Crippen molar-refractivity contribution in [3.8, 4) is 5.00 Å². The molecule has 0 aliphatic carbocycles. The Morgan fingerprint density at radius 2 is 1.85 bits per heavy atom. The van der Waals surface area contributed by atoms with E-state index in [1.54, 1.807) is 11.3 Å². The molecule has 0 saturated heterocycles. The molecule has 2 N–H and O–H groups in total. The highest BCUT2D eigenvalue weighted by Gasteiger charge is 2.32. The van der Waals surface area contributed by atoms with Gasteiger partial charge in [0, 0.05) is 27.6 Å². The van der Waals surface area contributed by atoms with Crippen LogP contribution in [0, 0.1) is 20.8 Å². The lowest BCUT2D eigenvalue weighted by Crippen LogP contribution is -2.27. The maximum atomic E-state index is 12.8. The molecule has 4 rings (SSSR count). The molecule has 174 valence electrons. The first-order valence-electron chi connectivity index (χ1n) is 11.2. The second-order valence-electron chi connectivity index (χ2n) is 8.27. The second-order valence-corrected chi connectivity index (χ2v) is 9.91. The van der Waals surface area contributed by atoms with Gasteiger partial charge in [-0.2, -0.15) is 0 Å². The Balaban J connectivity index is 1.73. The molecule has 1 aliphatic rings. The number of aliphatic imine (C=N–C) groups is 1. The predicted molar refractivity (Wildman–Crippen MR) is 134 cm³/mol. The van der Waals surface area contributed by atoms with Crippen molar-refractivity contribution >= 4 is 34.6 Å². The molecule has 0 fully saturated rings. The number of fused-ring (bicyclic) bond motifs is 3. The molecule has 2 aromatic heterocycles. The van der Waals surface area contributed by atoms with Crippen LogP contribution in [0.1, 0.15) is 58.5 Å². The van der Waals surface area contributed by atoms with Crippen molar-refractivity contribution in [2.75, 3.05) is 20.1 Å². The summed E-state index contributed by atoms with van der Waals surface area (Å²) in [6, 6.07) is 7.27. The van der Waals surface area contributed by atoms with Crippen molar-refractivity contribution in [3.05, 3.63) is 62.5 Å². The summed E-state index contributed by atoms with van der Waals surface area (Å²) in [6.07, 6.45) is 2.17. The number of aryl methyl sites for hydroxylation is 2. The molecule has 0 spiro atoms. The lowest BCUT2D eigenvalue weighted by molar-refractivity contribution is -0.121. The van der Waals surface area contributed by atoms with E-state index in [4.69, 9.17) is 16.6 Å². The van der Waals surface area contributed by atoms with Gasteiger partial charge >= 0.3 is 0 Å². The average Bonchev–Trinajstić information content (AvgIpc) is 3.26. The topological polar surface area (TPSA) is 84.2 Å². The Labute approximate surface area is 203 Å². The first kappa shape index (κ1) is 23.6. The lowest BCUT2D eigenvalue weighted by Gasteiger charge is -2.13. The number of nitrogens with zero attached hydrogens (tertiary/aromatic N) is 4. The Kier molecular flexibility index (Phi) is 7.26. The Bertz CT molecular complexity index is 1180. The van der Waals surface area contributed by atoms with Crippen molar-refractivity contribution in [1.82, 2.24) is 25.4 Å². The number of hydrogen-bond donors (Lipinski definition) is 2. The fraction of sp³-hybridized carbons (Fsp3) is 0.417. The quantitative estimate of drug-likeness (QED) is 0.467. The van der Waals surface area contributed by atoms with Gasteiger partial charge in [0.05, 0.1) is 12.1 Å². The lowest BCUT2D eigenvalue weighted by atomic mass is 9.99. The third kappa shape index (κ3) is 4.88. The fourth-order valence-corrected chi connectivity index (χ4v) is 5.37. The molecule has 1 aliphatic heterocycles. The number of amides is 1. The largest absolute Gasteiger partial charge is 0.356 e. The second kappa shape index (κ2) is 10.2. The number of unbranched alkanes of at least 4 members (excludes halogenated alkanes) is 1. The Morgan fingerprint density at radius 3 is 2.58 bits per heavy atom. The fourth-order valence-electron chi connectivity index (χ4n) is 4.03. The highest BCUT2D eigenvalue weighted by Crippen LogP contribution is 2.39. The number of benzene rings is 1. The third-order valence-electron chi connectivity index (χ3n) is 5.91. The van der Waals surface area contributed by atoms with Crippen LogP contribution in [0.15, 0.2) is 29.3 Å². The number of carbonyl (C=O) groups is 1. The van der Waals surface area contributed by atoms with Gasteiger partial charge < -0.3 is 10.6 Å². The van der Waals surface area contributed by atoms with Crippen molar-refractivity contribution in [2.24, 2.45) is 4.99 Å². The van der Waals surface area contributed by atoms with E-state index in [0.29, 0.717) is 17.4 Å². The van der Waals surface area contributed by atoms with E-state index < -0.39 is 6.04 Å². The van der Waals surface area contributed by atoms with E-state index in [2.05, 4.69) is 39.2 Å². The Hall–Kier alpha value is -2.55. The van der Waals surface area contributed by atoms with Gasteiger partial charge in [-0.15, -0.1) is 21.5 Å². The molecule has 33 heavy (non-hydrogen) atoms. The molecule has 1 aromatic carbocycles. The maximum absolute atomic E-state index is 12.8. The van der Waals surface area contributed by atoms with Gasteiger partial charge in [0.15, 0.2) is 5.82 Å². The number of nitrogens with one attached hydrogen (secondary N) is 2. The minimum absolute atomic E-state index is 0.0333. The van der Waals surface area contributed by atoms with E-state index in [9.17, 15) is 4.79 Å². The van der Waals surface area contributed by atoms with Gasteiger partial charge in [-0.25, -0.2) is 0 Å². The summed E-state index contributed by atoms with van der Waals surface area (Å²) in [5, 5.41) is 16.7. The smallest absolute Gasteiger partial charge is 0.222 e. The Morgan fingerprint density at radius 1 is 1.12 bits per heavy atom. The summed E-state index contributed by atoms with van der Waals surface area (Å²) < 4.78 is 2.07. The van der Waals surface area contributed by atoms with Gasteiger partial charge in [0.25, 0.3) is 0 Å². The number of halogens is 1. The van der Waals surface area contributed by atoms with Crippen LogP contribution in [-0.4, -0.2) is 46.5 Å². The zero-order valence-electron chi connectivity index (χ0n) is 19.4. The molecule has 0 bridgehead atoms. The van der Waals surface area contributed by atoms with Crippen LogP contribution in [0.2, 0.25) is 5.02 Å². The minimum Gasteiger partial charge on any atom is -0.356 e. The third-order valence-corrected chi connectivity index (χ3v) is 7.36. The molecule has 1 amide bonds. The first-order valence-corrected chi connectivity index (χ1v) is 12.4. The number of carbonyl (C=O) groups excluding carboxylic acids is 1. The molecule has 0 unspecified atom stereocenters. The minimum atomic E-state index is -0.437. The van der Waals surface area contributed by atoms with Crippen LogP contribution < -0.4 is 10.6 Å². The van der Waals surface area contributed by atoms with E-state index >= 15 is 0 Å². The SMILES string of the molecule is CNCCCCNC(=O)C[C@@H]1N=C(c2ccc(Cl)cc2)c2c(sc(C)c2C)-n2c(C)nnc21. The van der Waals surface area contributed by atoms with Crippen LogP contribution in [0.4, 0.5) is 0 Å². The molecule has 9 heteroatoms. The predicted octanol–water partition coefficient (Wildman–Crippen LogP) is 4.31. The van der Waals surface area contributed by atoms with Crippen molar-refractivity contribution in [1.29, 1.82) is 0 Å². The standard InChI is InChI=1S/C24H29ClN6OS/c1-14-15(2)33-24-21(14)22(17-7-9-18(25)10-8-17)28-19(23-30-29-16(3)31(23)24)13-20(32)27-12-6-5-11-26-4/h7-10,19,26H,5-6,11-13H2,1-4H3,(H,27,32)/t19-/m0/s1. The van der Waals surface area contributed by atoms with Gasteiger partial charge in [0.2, 0.25) is 5.91 Å². The molecular formula is C24H29ClN6OS. The highest BCUT2D eigenvalue weighted by atomic mass is 35.5. The molecule has 3 aromatic rings.